The van der Waals surface area contributed by atoms with E-state index >= 15 is 8.78 Å². The lowest BCUT2D eigenvalue weighted by Gasteiger charge is -2.26. The Morgan fingerprint density at radius 2 is 1.59 bits per heavy atom. The maximum Gasteiger partial charge on any atom is 0.407 e. The number of rotatable bonds is 3. The molecule has 6 aliphatic rings. The first-order valence-corrected chi connectivity index (χ1v) is 20.7. The molecule has 0 radical (unpaired) electrons. The molecule has 2 aromatic rings. The lowest BCUT2D eigenvalue weighted by Crippen LogP contribution is -2.55. The largest absolute Gasteiger partial charge is 0.470 e. The second kappa shape index (κ2) is 13.9. The Morgan fingerprint density at radius 1 is 0.907 bits per heavy atom. The number of cyclic esters (lactones) is 1. The Kier molecular flexibility index (Phi) is 9.44. The van der Waals surface area contributed by atoms with Crippen LogP contribution in [0.5, 0.6) is 5.88 Å². The van der Waals surface area contributed by atoms with Gasteiger partial charge in [0.2, 0.25) is 27.7 Å². The molecule has 1 spiro atoms. The monoisotopic (exact) mass is 772 g/mol. The molecule has 292 valence electrons. The first kappa shape index (κ1) is 36.8. The predicted molar refractivity (Wildman–Crippen MR) is 188 cm³/mol. The molecule has 14 nitrogen and oxygen atoms in total. The smallest absolute Gasteiger partial charge is 0.407 e. The number of fused-ring (bicyclic) bond motifs is 7. The summed E-state index contributed by atoms with van der Waals surface area (Å²) in [5.41, 5.74) is -2.31. The van der Waals surface area contributed by atoms with Crippen molar-refractivity contribution in [3.8, 4) is 5.88 Å². The van der Waals surface area contributed by atoms with Crippen molar-refractivity contribution in [1.29, 1.82) is 0 Å². The molecule has 4 heterocycles. The van der Waals surface area contributed by atoms with Crippen LogP contribution in [0.15, 0.2) is 24.3 Å². The molecule has 17 heteroatoms. The summed E-state index contributed by atoms with van der Waals surface area (Å²) in [6.07, 6.45) is 4.42. The van der Waals surface area contributed by atoms with Gasteiger partial charge in [0.1, 0.15) is 17.7 Å². The van der Waals surface area contributed by atoms with Crippen molar-refractivity contribution in [2.45, 2.75) is 119 Å². The average Bonchev–Trinajstić information content (AvgIpc) is 4.06. The summed E-state index contributed by atoms with van der Waals surface area (Å²) in [5, 5.41) is 4.92. The Bertz CT molecular complexity index is 1960. The van der Waals surface area contributed by atoms with Crippen LogP contribution in [0.3, 0.4) is 0 Å². The van der Waals surface area contributed by atoms with Gasteiger partial charge in [-0.15, -0.1) is 0 Å². The number of nitrogens with one attached hydrogen (secondary N) is 3. The third-order valence-corrected chi connectivity index (χ3v) is 14.0. The molecule has 2 saturated heterocycles. The summed E-state index contributed by atoms with van der Waals surface area (Å²) in [5.74, 6) is -7.47. The van der Waals surface area contributed by atoms with Crippen LogP contribution in [0.25, 0.3) is 11.0 Å². The van der Waals surface area contributed by atoms with E-state index in [1.54, 1.807) is 24.3 Å². The molecule has 4 amide bonds. The van der Waals surface area contributed by atoms with Crippen molar-refractivity contribution >= 4 is 44.9 Å². The van der Waals surface area contributed by atoms with Crippen LogP contribution in [0, 0.1) is 17.3 Å². The minimum Gasteiger partial charge on any atom is -0.470 e. The number of alkyl carbamates (subject to hydrolysis) is 1. The van der Waals surface area contributed by atoms with Gasteiger partial charge in [-0.2, -0.15) is 8.78 Å². The lowest BCUT2D eigenvalue weighted by molar-refractivity contribution is -0.134. The highest BCUT2D eigenvalue weighted by atomic mass is 32.2. The van der Waals surface area contributed by atoms with Crippen molar-refractivity contribution in [3.63, 3.8) is 0 Å². The highest BCUT2D eigenvalue weighted by molar-refractivity contribution is 7.91. The maximum absolute atomic E-state index is 16.3. The summed E-state index contributed by atoms with van der Waals surface area (Å²) in [7, 11) is -3.92. The number of halogens is 2. The molecule has 3 N–H and O–H groups in total. The fraction of sp³-hybridized carbons (Fsp3) is 0.676. The van der Waals surface area contributed by atoms with Crippen LogP contribution < -0.4 is 20.1 Å². The van der Waals surface area contributed by atoms with Gasteiger partial charge >= 0.3 is 6.09 Å². The topological polar surface area (TPSA) is 186 Å². The number of carbonyl (C=O) groups excluding carboxylic acids is 4. The third-order valence-electron chi connectivity index (χ3n) is 12.2. The SMILES string of the molecule is O=C1N[C@H]2CCCCCCC[C@@H]3C[C@@]3(C(=O)NS(=O)(=O)C3CC3)NC(=O)C3CN(C[C@@H]3Oc3nc4ccccc4nc3C(F)(F)CCC3(CC3)CO1)C2=O. The van der Waals surface area contributed by atoms with Gasteiger partial charge in [0.25, 0.3) is 11.8 Å². The number of alkyl halides is 2. The molecule has 3 aliphatic heterocycles. The van der Waals surface area contributed by atoms with Crippen molar-refractivity contribution in [2.75, 3.05) is 19.7 Å². The van der Waals surface area contributed by atoms with E-state index in [-0.39, 0.29) is 44.0 Å². The van der Waals surface area contributed by atoms with Gasteiger partial charge in [-0.05, 0) is 69.4 Å². The van der Waals surface area contributed by atoms with Crippen molar-refractivity contribution in [2.24, 2.45) is 17.3 Å². The quantitative estimate of drug-likeness (QED) is 0.414. The van der Waals surface area contributed by atoms with Crippen molar-refractivity contribution < 1.29 is 45.9 Å². The third kappa shape index (κ3) is 7.44. The van der Waals surface area contributed by atoms with Crippen LogP contribution in [0.1, 0.15) is 95.6 Å². The molecule has 1 aromatic carbocycles. The van der Waals surface area contributed by atoms with Crippen molar-refractivity contribution in [1.82, 2.24) is 30.2 Å². The second-order valence-corrected chi connectivity index (χ2v) is 18.2. The van der Waals surface area contributed by atoms with Crippen LogP contribution in [-0.4, -0.2) is 89.7 Å². The number of amides is 4. The van der Waals surface area contributed by atoms with E-state index in [0.29, 0.717) is 50.5 Å². The molecular weight excluding hydrogens is 727 g/mol. The first-order chi connectivity index (χ1) is 25.8. The number of nitrogens with zero attached hydrogens (tertiary/aromatic N) is 3. The van der Waals surface area contributed by atoms with E-state index in [1.165, 1.54) is 4.90 Å². The number of benzene rings is 1. The van der Waals surface area contributed by atoms with Crippen LogP contribution in [-0.2, 0) is 35.1 Å². The van der Waals surface area contributed by atoms with E-state index in [9.17, 15) is 27.6 Å². The average molecular weight is 773 g/mol. The number of hydrogen-bond donors (Lipinski definition) is 3. The maximum atomic E-state index is 16.3. The van der Waals surface area contributed by atoms with E-state index in [0.717, 1.165) is 25.7 Å². The van der Waals surface area contributed by atoms with Gasteiger partial charge in [0.05, 0.1) is 35.4 Å². The Hall–Kier alpha value is -4.15. The summed E-state index contributed by atoms with van der Waals surface area (Å²) in [6.45, 7) is -0.512. The molecule has 5 atom stereocenters. The van der Waals surface area contributed by atoms with Gasteiger partial charge in [0, 0.05) is 18.4 Å². The van der Waals surface area contributed by atoms with Gasteiger partial charge in [0.15, 0.2) is 5.69 Å². The Balaban J connectivity index is 1.17. The normalized spacial score (nSPS) is 31.4. The van der Waals surface area contributed by atoms with Crippen LogP contribution >= 0.6 is 0 Å². The second-order valence-electron chi connectivity index (χ2n) is 16.2. The number of aromatic nitrogens is 2. The summed E-state index contributed by atoms with van der Waals surface area (Å²) >= 11 is 0. The lowest BCUT2D eigenvalue weighted by atomic mass is 9.97. The highest BCUT2D eigenvalue weighted by Gasteiger charge is 2.62. The number of sulfonamides is 1. The summed E-state index contributed by atoms with van der Waals surface area (Å²) in [6, 6.07) is 5.54. The van der Waals surface area contributed by atoms with E-state index < -0.39 is 92.0 Å². The Morgan fingerprint density at radius 3 is 2.31 bits per heavy atom. The molecule has 3 aliphatic carbocycles. The molecule has 5 fully saturated rings. The Labute approximate surface area is 311 Å². The molecule has 1 aromatic heterocycles. The van der Waals surface area contributed by atoms with Crippen LogP contribution in [0.2, 0.25) is 0 Å². The zero-order valence-electron chi connectivity index (χ0n) is 30.0. The van der Waals surface area contributed by atoms with E-state index in [2.05, 4.69) is 25.3 Å². The van der Waals surface area contributed by atoms with Gasteiger partial charge < -0.3 is 25.0 Å². The standard InChI is InChI=1S/C37H46F2N6O8S/c38-37(39)17-16-35(14-15-35)21-52-34(49)42-27-11-5-3-1-2-4-8-22-18-36(22,33(48)44-54(50,51)23-12-13-23)43-30(46)24-19-45(32(27)47)20-28(24)53-31-29(37)40-25-9-6-7-10-26(25)41-31/h6-7,9-10,22-24,27-28H,1-5,8,11-21H2,(H,42,49)(H,43,46)(H,44,48)/t22-,24?,27+,28+,36-/m1/s1. The first-order valence-electron chi connectivity index (χ1n) is 19.2. The number of carbonyl (C=O) groups is 4. The molecular formula is C37H46F2N6O8S. The molecule has 4 bridgehead atoms. The van der Waals surface area contributed by atoms with Crippen LogP contribution in [0.4, 0.5) is 13.6 Å². The summed E-state index contributed by atoms with van der Waals surface area (Å²) in [4.78, 5) is 65.6. The van der Waals surface area contributed by atoms with Gasteiger partial charge in [-0.25, -0.2) is 23.2 Å². The number of para-hydroxylation sites is 2. The molecule has 1 unspecified atom stereocenters. The molecule has 8 rings (SSSR count). The molecule has 3 saturated carbocycles. The number of ether oxygens (including phenoxy) is 2. The molecule has 54 heavy (non-hydrogen) atoms. The highest BCUT2D eigenvalue weighted by Crippen LogP contribution is 2.53. The minimum atomic E-state index is -3.92. The van der Waals surface area contributed by atoms with Gasteiger partial charge in [-0.1, -0.05) is 44.2 Å². The van der Waals surface area contributed by atoms with Gasteiger partial charge in [-0.3, -0.25) is 19.1 Å². The minimum absolute atomic E-state index is 0.0353. The zero-order valence-corrected chi connectivity index (χ0v) is 30.8. The van der Waals surface area contributed by atoms with E-state index in [1.807, 2.05) is 0 Å². The predicted octanol–water partition coefficient (Wildman–Crippen LogP) is 3.82. The fourth-order valence-corrected chi connectivity index (χ4v) is 9.63. The summed E-state index contributed by atoms with van der Waals surface area (Å²) < 4.78 is 72.4. The fourth-order valence-electron chi connectivity index (χ4n) is 8.27. The zero-order chi connectivity index (χ0) is 37.9. The van der Waals surface area contributed by atoms with Crippen molar-refractivity contribution in [3.05, 3.63) is 30.0 Å². The number of hydrogen-bond acceptors (Lipinski definition) is 10. The van der Waals surface area contributed by atoms with E-state index in [4.69, 9.17) is 9.47 Å².